The van der Waals surface area contributed by atoms with Gasteiger partial charge in [-0.2, -0.15) is 0 Å². The van der Waals surface area contributed by atoms with E-state index in [1.165, 1.54) is 0 Å². The van der Waals surface area contributed by atoms with Gasteiger partial charge >= 0.3 is 6.09 Å². The molecule has 1 aliphatic heterocycles. The molecule has 0 aromatic carbocycles. The fourth-order valence-corrected chi connectivity index (χ4v) is 2.12. The van der Waals surface area contributed by atoms with Gasteiger partial charge in [-0.3, -0.25) is 4.90 Å². The van der Waals surface area contributed by atoms with E-state index in [1.807, 2.05) is 27.7 Å². The molecule has 1 aliphatic rings. The van der Waals surface area contributed by atoms with E-state index in [2.05, 4.69) is 4.90 Å². The maximum atomic E-state index is 11.9. The van der Waals surface area contributed by atoms with Crippen LogP contribution in [0.5, 0.6) is 0 Å². The van der Waals surface area contributed by atoms with Crippen molar-refractivity contribution in [1.29, 1.82) is 0 Å². The molecule has 0 aliphatic carbocycles. The van der Waals surface area contributed by atoms with Crippen LogP contribution in [0.1, 0.15) is 40.5 Å². The molecule has 0 spiro atoms. The molecule has 0 aromatic heterocycles. The van der Waals surface area contributed by atoms with E-state index in [4.69, 9.17) is 10.5 Å². The summed E-state index contributed by atoms with van der Waals surface area (Å²) in [6.45, 7) is 12.2. The van der Waals surface area contributed by atoms with Crippen LogP contribution in [0.3, 0.4) is 0 Å². The Balaban J connectivity index is 2.23. The number of piperazine rings is 1. The second-order valence-electron chi connectivity index (χ2n) is 6.43. The summed E-state index contributed by atoms with van der Waals surface area (Å²) >= 11 is 0. The Morgan fingerprint density at radius 1 is 1.26 bits per heavy atom. The van der Waals surface area contributed by atoms with Crippen LogP contribution in [-0.4, -0.2) is 60.3 Å². The highest BCUT2D eigenvalue weighted by atomic mass is 16.6. The number of nitrogens with two attached hydrogens (primary N) is 1. The largest absolute Gasteiger partial charge is 0.444 e. The highest BCUT2D eigenvalue weighted by Gasteiger charge is 2.25. The molecule has 0 bridgehead atoms. The summed E-state index contributed by atoms with van der Waals surface area (Å²) in [6, 6.07) is 0.281. The number of carbonyl (C=O) groups excluding carboxylic acids is 1. The van der Waals surface area contributed by atoms with Crippen LogP contribution >= 0.6 is 0 Å². The van der Waals surface area contributed by atoms with Gasteiger partial charge in [-0.25, -0.2) is 4.79 Å². The zero-order chi connectivity index (χ0) is 14.5. The second kappa shape index (κ2) is 7.10. The Hall–Kier alpha value is -0.810. The standard InChI is InChI=1S/C14H29N3O2/c1-12(15)6-5-7-16-8-10-17(11-9-16)13(18)19-14(2,3)4/h12H,5-11,15H2,1-4H3/t12-/m1/s1. The summed E-state index contributed by atoms with van der Waals surface area (Å²) < 4.78 is 5.38. The van der Waals surface area contributed by atoms with E-state index >= 15 is 0 Å². The van der Waals surface area contributed by atoms with Gasteiger partial charge in [0.1, 0.15) is 5.60 Å². The molecule has 5 nitrogen and oxygen atoms in total. The van der Waals surface area contributed by atoms with E-state index < -0.39 is 5.60 Å². The third kappa shape index (κ3) is 6.78. The van der Waals surface area contributed by atoms with Gasteiger partial charge in [0.2, 0.25) is 0 Å². The molecule has 1 fully saturated rings. The van der Waals surface area contributed by atoms with Crippen molar-refractivity contribution in [2.75, 3.05) is 32.7 Å². The molecule has 1 heterocycles. The van der Waals surface area contributed by atoms with Crippen molar-refractivity contribution in [3.8, 4) is 0 Å². The highest BCUT2D eigenvalue weighted by Crippen LogP contribution is 2.12. The SMILES string of the molecule is C[C@@H](N)CCCN1CCN(C(=O)OC(C)(C)C)CC1. The van der Waals surface area contributed by atoms with Gasteiger partial charge in [-0.1, -0.05) is 0 Å². The minimum atomic E-state index is -0.411. The number of carbonyl (C=O) groups is 1. The van der Waals surface area contributed by atoms with Crippen LogP contribution in [0, 0.1) is 0 Å². The topological polar surface area (TPSA) is 58.8 Å². The second-order valence-corrected chi connectivity index (χ2v) is 6.43. The zero-order valence-corrected chi connectivity index (χ0v) is 12.8. The summed E-state index contributed by atoms with van der Waals surface area (Å²) in [5.41, 5.74) is 5.33. The molecule has 19 heavy (non-hydrogen) atoms. The predicted octanol–water partition coefficient (Wildman–Crippen LogP) is 1.67. The van der Waals surface area contributed by atoms with Crippen molar-refractivity contribution in [2.24, 2.45) is 5.73 Å². The maximum Gasteiger partial charge on any atom is 0.410 e. The molecule has 0 saturated carbocycles. The number of rotatable bonds is 4. The molecular weight excluding hydrogens is 242 g/mol. The minimum Gasteiger partial charge on any atom is -0.444 e. The lowest BCUT2D eigenvalue weighted by atomic mass is 10.2. The van der Waals surface area contributed by atoms with Crippen molar-refractivity contribution in [1.82, 2.24) is 9.80 Å². The molecule has 0 unspecified atom stereocenters. The maximum absolute atomic E-state index is 11.9. The van der Waals surface area contributed by atoms with Crippen LogP contribution in [0.2, 0.25) is 0 Å². The highest BCUT2D eigenvalue weighted by molar-refractivity contribution is 5.68. The fraction of sp³-hybridized carbons (Fsp3) is 0.929. The van der Waals surface area contributed by atoms with E-state index in [0.717, 1.165) is 45.6 Å². The Labute approximate surface area is 117 Å². The Bertz CT molecular complexity index is 279. The lowest BCUT2D eigenvalue weighted by molar-refractivity contribution is 0.0144. The Morgan fingerprint density at radius 2 is 1.84 bits per heavy atom. The number of ether oxygens (including phenoxy) is 1. The van der Waals surface area contributed by atoms with Gasteiger partial charge in [0.05, 0.1) is 0 Å². The molecule has 1 saturated heterocycles. The smallest absolute Gasteiger partial charge is 0.410 e. The first-order valence-corrected chi connectivity index (χ1v) is 7.24. The number of nitrogens with zero attached hydrogens (tertiary/aromatic N) is 2. The molecule has 0 radical (unpaired) electrons. The normalized spacial score (nSPS) is 19.3. The van der Waals surface area contributed by atoms with Gasteiger partial charge in [-0.15, -0.1) is 0 Å². The van der Waals surface area contributed by atoms with Crippen LogP contribution in [0.25, 0.3) is 0 Å². The Morgan fingerprint density at radius 3 is 2.32 bits per heavy atom. The van der Waals surface area contributed by atoms with Gasteiger partial charge in [0.25, 0.3) is 0 Å². The number of hydrogen-bond donors (Lipinski definition) is 1. The quantitative estimate of drug-likeness (QED) is 0.845. The number of hydrogen-bond acceptors (Lipinski definition) is 4. The minimum absolute atomic E-state index is 0.192. The van der Waals surface area contributed by atoms with Gasteiger partial charge in [0, 0.05) is 32.2 Å². The van der Waals surface area contributed by atoms with Crippen molar-refractivity contribution in [3.63, 3.8) is 0 Å². The lowest BCUT2D eigenvalue weighted by Crippen LogP contribution is -2.50. The molecule has 0 aromatic rings. The summed E-state index contributed by atoms with van der Waals surface area (Å²) in [5, 5.41) is 0. The molecular formula is C14H29N3O2. The number of amides is 1. The zero-order valence-electron chi connectivity index (χ0n) is 12.8. The third-order valence-corrected chi connectivity index (χ3v) is 3.16. The van der Waals surface area contributed by atoms with Crippen molar-refractivity contribution in [2.45, 2.75) is 52.2 Å². The summed E-state index contributed by atoms with van der Waals surface area (Å²) in [6.07, 6.45) is 2.00. The molecule has 1 atom stereocenters. The fourth-order valence-electron chi connectivity index (χ4n) is 2.12. The van der Waals surface area contributed by atoms with Gasteiger partial charge in [-0.05, 0) is 47.1 Å². The lowest BCUT2D eigenvalue weighted by Gasteiger charge is -2.35. The summed E-state index contributed by atoms with van der Waals surface area (Å²) in [5.74, 6) is 0. The first kappa shape index (κ1) is 16.2. The van der Waals surface area contributed by atoms with E-state index in [-0.39, 0.29) is 12.1 Å². The average Bonchev–Trinajstić information content (AvgIpc) is 2.27. The van der Waals surface area contributed by atoms with Crippen molar-refractivity contribution in [3.05, 3.63) is 0 Å². The van der Waals surface area contributed by atoms with Crippen LogP contribution < -0.4 is 5.73 Å². The first-order valence-electron chi connectivity index (χ1n) is 7.24. The van der Waals surface area contributed by atoms with Gasteiger partial charge < -0.3 is 15.4 Å². The van der Waals surface area contributed by atoms with E-state index in [9.17, 15) is 4.79 Å². The predicted molar refractivity (Wildman–Crippen MR) is 77.1 cm³/mol. The molecule has 112 valence electrons. The Kier molecular flexibility index (Phi) is 6.07. The first-order chi connectivity index (χ1) is 8.78. The molecule has 1 rings (SSSR count). The molecule has 5 heteroatoms. The van der Waals surface area contributed by atoms with Crippen LogP contribution in [-0.2, 0) is 4.74 Å². The summed E-state index contributed by atoms with van der Waals surface area (Å²) in [7, 11) is 0. The molecule has 2 N–H and O–H groups in total. The van der Waals surface area contributed by atoms with Crippen molar-refractivity contribution < 1.29 is 9.53 Å². The van der Waals surface area contributed by atoms with Crippen LogP contribution in [0.15, 0.2) is 0 Å². The summed E-state index contributed by atoms with van der Waals surface area (Å²) in [4.78, 5) is 16.1. The monoisotopic (exact) mass is 271 g/mol. The van der Waals surface area contributed by atoms with Crippen LogP contribution in [0.4, 0.5) is 4.79 Å². The third-order valence-electron chi connectivity index (χ3n) is 3.16. The molecule has 1 amide bonds. The van der Waals surface area contributed by atoms with Gasteiger partial charge in [0.15, 0.2) is 0 Å². The van der Waals surface area contributed by atoms with E-state index in [0.29, 0.717) is 0 Å². The van der Waals surface area contributed by atoms with E-state index in [1.54, 1.807) is 4.90 Å². The average molecular weight is 271 g/mol. The van der Waals surface area contributed by atoms with Crippen molar-refractivity contribution >= 4 is 6.09 Å².